The standard InChI is InChI=1S/C45H23N3O2/c46-24-27-8-12-42-38(16-27)40-22-30(10-14-44(40)49-42)35-19-34(29-5-3-6-32(18-29)37-7-2-1-4-33(37)26-48)20-36(21-35)31-11-15-45-41(23-31)39-17-28(25-47)9-13-43(39)50-45/h1-23H. The third-order valence-corrected chi connectivity index (χ3v) is 9.35. The third kappa shape index (κ3) is 4.77. The Balaban J connectivity index is 1.26. The van der Waals surface area contributed by atoms with Crippen molar-refractivity contribution in [3.05, 3.63) is 156 Å². The first-order valence-electron chi connectivity index (χ1n) is 16.1. The average molecular weight is 638 g/mol. The van der Waals surface area contributed by atoms with Gasteiger partial charge in [0.2, 0.25) is 0 Å². The lowest BCUT2D eigenvalue weighted by atomic mass is 9.91. The Bertz CT molecular complexity index is 2830. The van der Waals surface area contributed by atoms with E-state index >= 15 is 0 Å². The molecule has 0 N–H and O–H groups in total. The van der Waals surface area contributed by atoms with E-state index in [1.807, 2.05) is 72.8 Å². The van der Waals surface area contributed by atoms with Gasteiger partial charge in [-0.3, -0.25) is 0 Å². The highest BCUT2D eigenvalue weighted by atomic mass is 16.3. The molecule has 0 bridgehead atoms. The van der Waals surface area contributed by atoms with E-state index in [-0.39, 0.29) is 0 Å². The van der Waals surface area contributed by atoms with E-state index in [1.165, 1.54) is 0 Å². The lowest BCUT2D eigenvalue weighted by Gasteiger charge is -2.13. The van der Waals surface area contributed by atoms with Crippen LogP contribution in [0.25, 0.3) is 88.4 Å². The van der Waals surface area contributed by atoms with Crippen LogP contribution in [0.3, 0.4) is 0 Å². The smallest absolute Gasteiger partial charge is 0.135 e. The molecule has 50 heavy (non-hydrogen) atoms. The number of hydrogen-bond acceptors (Lipinski definition) is 5. The molecular weight excluding hydrogens is 615 g/mol. The predicted octanol–water partition coefficient (Wildman–Crippen LogP) is 11.8. The summed E-state index contributed by atoms with van der Waals surface area (Å²) in [7, 11) is 0. The molecule has 230 valence electrons. The zero-order valence-electron chi connectivity index (χ0n) is 26.4. The molecule has 0 aliphatic heterocycles. The van der Waals surface area contributed by atoms with Gasteiger partial charge in [0.15, 0.2) is 0 Å². The number of nitriles is 3. The minimum absolute atomic E-state index is 0.580. The molecular formula is C45H23N3O2. The Kier molecular flexibility index (Phi) is 6.56. The normalized spacial score (nSPS) is 11.1. The van der Waals surface area contributed by atoms with Crippen molar-refractivity contribution in [3.8, 4) is 62.7 Å². The Morgan fingerprint density at radius 3 is 1.30 bits per heavy atom. The van der Waals surface area contributed by atoms with Crippen molar-refractivity contribution in [2.75, 3.05) is 0 Å². The summed E-state index contributed by atoms with van der Waals surface area (Å²) in [6.07, 6.45) is 0. The Morgan fingerprint density at radius 1 is 0.340 bits per heavy atom. The van der Waals surface area contributed by atoms with Crippen molar-refractivity contribution in [1.82, 2.24) is 0 Å². The summed E-state index contributed by atoms with van der Waals surface area (Å²) >= 11 is 0. The summed E-state index contributed by atoms with van der Waals surface area (Å²) in [4.78, 5) is 0. The molecule has 0 spiro atoms. The molecule has 7 aromatic carbocycles. The van der Waals surface area contributed by atoms with E-state index in [0.29, 0.717) is 16.7 Å². The van der Waals surface area contributed by atoms with Gasteiger partial charge in [0, 0.05) is 21.5 Å². The fourth-order valence-corrected chi connectivity index (χ4v) is 6.88. The number of rotatable bonds is 4. The van der Waals surface area contributed by atoms with Gasteiger partial charge in [0.05, 0.1) is 34.9 Å². The van der Waals surface area contributed by atoms with Crippen LogP contribution in [-0.4, -0.2) is 0 Å². The van der Waals surface area contributed by atoms with E-state index < -0.39 is 0 Å². The highest BCUT2D eigenvalue weighted by Gasteiger charge is 2.15. The second-order valence-electron chi connectivity index (χ2n) is 12.3. The lowest BCUT2D eigenvalue weighted by molar-refractivity contribution is 0.668. The van der Waals surface area contributed by atoms with Crippen LogP contribution in [-0.2, 0) is 0 Å². The van der Waals surface area contributed by atoms with Crippen LogP contribution in [0.2, 0.25) is 0 Å². The maximum atomic E-state index is 9.81. The first-order valence-corrected chi connectivity index (χ1v) is 16.1. The molecule has 0 saturated carbocycles. The number of nitrogens with zero attached hydrogens (tertiary/aromatic N) is 3. The van der Waals surface area contributed by atoms with Gasteiger partial charge in [-0.2, -0.15) is 15.8 Å². The third-order valence-electron chi connectivity index (χ3n) is 9.35. The van der Waals surface area contributed by atoms with Crippen molar-refractivity contribution < 1.29 is 8.83 Å². The maximum Gasteiger partial charge on any atom is 0.135 e. The van der Waals surface area contributed by atoms with Gasteiger partial charge in [0.25, 0.3) is 0 Å². The van der Waals surface area contributed by atoms with E-state index in [4.69, 9.17) is 8.83 Å². The fraction of sp³-hybridized carbons (Fsp3) is 0. The topological polar surface area (TPSA) is 97.7 Å². The molecule has 2 heterocycles. The molecule has 9 rings (SSSR count). The van der Waals surface area contributed by atoms with E-state index in [0.717, 1.165) is 88.4 Å². The van der Waals surface area contributed by atoms with E-state index in [1.54, 1.807) is 12.1 Å². The summed E-state index contributed by atoms with van der Waals surface area (Å²) in [6, 6.07) is 52.6. The summed E-state index contributed by atoms with van der Waals surface area (Å²) in [5.41, 5.74) is 12.7. The first kappa shape index (κ1) is 28.8. The lowest BCUT2D eigenvalue weighted by Crippen LogP contribution is -1.88. The van der Waals surface area contributed by atoms with Crippen LogP contribution in [0.15, 0.2) is 148 Å². The number of benzene rings is 7. The SMILES string of the molecule is N#Cc1ccc2oc3ccc(-c4cc(-c5cccc(-c6ccccc6C#N)c5)cc(-c5ccc6oc7ccc(C#N)cc7c6c5)c4)cc3c2c1. The van der Waals surface area contributed by atoms with Gasteiger partial charge in [-0.25, -0.2) is 0 Å². The number of furan rings is 2. The molecule has 0 saturated heterocycles. The van der Waals surface area contributed by atoms with Crippen LogP contribution >= 0.6 is 0 Å². The van der Waals surface area contributed by atoms with Crippen LogP contribution < -0.4 is 0 Å². The monoisotopic (exact) mass is 637 g/mol. The predicted molar refractivity (Wildman–Crippen MR) is 197 cm³/mol. The van der Waals surface area contributed by atoms with Crippen molar-refractivity contribution in [2.45, 2.75) is 0 Å². The molecule has 0 fully saturated rings. The van der Waals surface area contributed by atoms with Gasteiger partial charge < -0.3 is 8.83 Å². The summed E-state index contributed by atoms with van der Waals surface area (Å²) in [6.45, 7) is 0. The van der Waals surface area contributed by atoms with Crippen molar-refractivity contribution >= 4 is 43.9 Å². The molecule has 5 heteroatoms. The molecule has 0 radical (unpaired) electrons. The largest absolute Gasteiger partial charge is 0.456 e. The maximum absolute atomic E-state index is 9.81. The molecule has 0 unspecified atom stereocenters. The van der Waals surface area contributed by atoms with Crippen molar-refractivity contribution in [1.29, 1.82) is 15.8 Å². The molecule has 9 aromatic rings. The van der Waals surface area contributed by atoms with Gasteiger partial charge in [0.1, 0.15) is 22.3 Å². The highest BCUT2D eigenvalue weighted by Crippen LogP contribution is 2.39. The summed E-state index contributed by atoms with van der Waals surface area (Å²) in [5.74, 6) is 0. The van der Waals surface area contributed by atoms with Crippen LogP contribution in [0.5, 0.6) is 0 Å². The Labute approximate surface area is 286 Å². The van der Waals surface area contributed by atoms with E-state index in [9.17, 15) is 15.8 Å². The van der Waals surface area contributed by atoms with Gasteiger partial charge >= 0.3 is 0 Å². The fourth-order valence-electron chi connectivity index (χ4n) is 6.88. The molecule has 5 nitrogen and oxygen atoms in total. The summed E-state index contributed by atoms with van der Waals surface area (Å²) < 4.78 is 12.3. The minimum Gasteiger partial charge on any atom is -0.456 e. The second kappa shape index (κ2) is 11.4. The molecule has 0 atom stereocenters. The molecule has 2 aromatic heterocycles. The van der Waals surface area contributed by atoms with Crippen molar-refractivity contribution in [2.24, 2.45) is 0 Å². The molecule has 0 aliphatic rings. The number of fused-ring (bicyclic) bond motifs is 6. The second-order valence-corrected chi connectivity index (χ2v) is 12.3. The average Bonchev–Trinajstić information content (AvgIpc) is 3.74. The molecule has 0 aliphatic carbocycles. The Morgan fingerprint density at radius 2 is 0.780 bits per heavy atom. The van der Waals surface area contributed by atoms with Gasteiger partial charge in [-0.15, -0.1) is 0 Å². The van der Waals surface area contributed by atoms with E-state index in [2.05, 4.69) is 72.8 Å². The quantitative estimate of drug-likeness (QED) is 0.191. The van der Waals surface area contributed by atoms with Crippen LogP contribution in [0, 0.1) is 34.0 Å². The zero-order chi connectivity index (χ0) is 33.8. The van der Waals surface area contributed by atoms with Crippen LogP contribution in [0.1, 0.15) is 16.7 Å². The summed E-state index contributed by atoms with van der Waals surface area (Å²) in [5, 5.41) is 32.6. The van der Waals surface area contributed by atoms with Gasteiger partial charge in [-0.1, -0.05) is 48.5 Å². The molecule has 0 amide bonds. The van der Waals surface area contributed by atoms with Gasteiger partial charge in [-0.05, 0) is 136 Å². The number of hydrogen-bond donors (Lipinski definition) is 0. The zero-order valence-corrected chi connectivity index (χ0v) is 26.4. The Hall–Kier alpha value is -7.39. The van der Waals surface area contributed by atoms with Crippen LogP contribution in [0.4, 0.5) is 0 Å². The first-order chi connectivity index (χ1) is 24.6. The minimum atomic E-state index is 0.580. The highest BCUT2D eigenvalue weighted by molar-refractivity contribution is 6.08. The van der Waals surface area contributed by atoms with Crippen molar-refractivity contribution in [3.63, 3.8) is 0 Å².